The van der Waals surface area contributed by atoms with Gasteiger partial charge in [-0.3, -0.25) is 4.90 Å². The van der Waals surface area contributed by atoms with Crippen molar-refractivity contribution in [1.82, 2.24) is 0 Å². The summed E-state index contributed by atoms with van der Waals surface area (Å²) in [5, 5.41) is 1.22. The van der Waals surface area contributed by atoms with Crippen LogP contribution in [-0.2, 0) is 27.1 Å². The minimum absolute atomic E-state index is 0.0219. The molecule has 0 amide bonds. The van der Waals surface area contributed by atoms with Gasteiger partial charge in [0.25, 0.3) is 0 Å². The summed E-state index contributed by atoms with van der Waals surface area (Å²) >= 11 is 0. The SMILES string of the molecule is CC(C)(C)c1ccc(N2c3oc4cc5c(cc4c3B3c4c(cc6c(c42)-c2ccccc2C6(C)C)-c2cccc4c2N3c2ccccc2C4(C)C)C(C)(C)CCC5(C)C)c(-c2ccccc2)c1. The van der Waals surface area contributed by atoms with Gasteiger partial charge in [0, 0.05) is 49.7 Å². The zero-order valence-corrected chi connectivity index (χ0v) is 40.5. The van der Waals surface area contributed by atoms with Crippen LogP contribution in [-0.4, -0.2) is 6.85 Å². The quantitative estimate of drug-likeness (QED) is 0.162. The predicted molar refractivity (Wildman–Crippen MR) is 279 cm³/mol. The minimum atomic E-state index is -0.237. The van der Waals surface area contributed by atoms with Crippen LogP contribution in [0, 0.1) is 0 Å². The average Bonchev–Trinajstić information content (AvgIpc) is 3.78. The van der Waals surface area contributed by atoms with Crippen LogP contribution in [0.3, 0.4) is 0 Å². The van der Waals surface area contributed by atoms with Gasteiger partial charge in [-0.25, -0.2) is 0 Å². The summed E-state index contributed by atoms with van der Waals surface area (Å²) in [4.78, 5) is 5.34. The van der Waals surface area contributed by atoms with Gasteiger partial charge in [0.15, 0.2) is 0 Å². The lowest BCUT2D eigenvalue weighted by molar-refractivity contribution is 0.332. The average molecular weight is 859 g/mol. The van der Waals surface area contributed by atoms with Crippen LogP contribution < -0.4 is 20.6 Å². The van der Waals surface area contributed by atoms with Gasteiger partial charge in [-0.15, -0.1) is 0 Å². The van der Waals surface area contributed by atoms with E-state index >= 15 is 0 Å². The molecule has 4 heteroatoms. The number of anilines is 5. The molecule has 66 heavy (non-hydrogen) atoms. The monoisotopic (exact) mass is 858 g/mol. The highest BCUT2D eigenvalue weighted by atomic mass is 16.4. The third-order valence-electron chi connectivity index (χ3n) is 17.1. The van der Waals surface area contributed by atoms with Crippen molar-refractivity contribution < 1.29 is 4.42 Å². The first kappa shape index (κ1) is 40.1. The van der Waals surface area contributed by atoms with Crippen LogP contribution in [0.1, 0.15) is 128 Å². The van der Waals surface area contributed by atoms with E-state index in [0.717, 1.165) is 30.0 Å². The summed E-state index contributed by atoms with van der Waals surface area (Å²) in [5.74, 6) is 0.922. The number of para-hydroxylation sites is 2. The molecule has 5 aliphatic rings. The molecule has 326 valence electrons. The fraction of sp³-hybridized carbons (Fsp3) is 0.290. The Labute approximate surface area is 391 Å². The largest absolute Gasteiger partial charge is 0.440 e. The van der Waals surface area contributed by atoms with Crippen LogP contribution in [0.2, 0.25) is 0 Å². The van der Waals surface area contributed by atoms with E-state index in [-0.39, 0.29) is 33.9 Å². The highest BCUT2D eigenvalue weighted by molar-refractivity contribution is 6.95. The molecule has 0 atom stereocenters. The van der Waals surface area contributed by atoms with Gasteiger partial charge in [-0.2, -0.15) is 0 Å². The Morgan fingerprint density at radius 1 is 0.500 bits per heavy atom. The molecule has 2 aliphatic carbocycles. The molecule has 8 aromatic rings. The summed E-state index contributed by atoms with van der Waals surface area (Å²) in [6.07, 6.45) is 2.29. The van der Waals surface area contributed by atoms with Crippen molar-refractivity contribution in [3.05, 3.63) is 172 Å². The normalized spacial score (nSPS) is 18.2. The van der Waals surface area contributed by atoms with Crippen molar-refractivity contribution in [2.45, 2.75) is 116 Å². The number of hydrogen-bond donors (Lipinski definition) is 0. The molecule has 0 fully saturated rings. The molecular weight excluding hydrogens is 800 g/mol. The van der Waals surface area contributed by atoms with E-state index in [1.165, 1.54) is 106 Å². The number of benzene rings is 7. The van der Waals surface area contributed by atoms with E-state index in [0.29, 0.717) is 0 Å². The van der Waals surface area contributed by atoms with Crippen molar-refractivity contribution in [2.24, 2.45) is 0 Å². The maximum atomic E-state index is 7.78. The first-order chi connectivity index (χ1) is 31.4. The lowest BCUT2D eigenvalue weighted by Crippen LogP contribution is -2.63. The van der Waals surface area contributed by atoms with Gasteiger partial charge in [0.05, 0.1) is 11.4 Å². The van der Waals surface area contributed by atoms with E-state index in [2.05, 4.69) is 219 Å². The van der Waals surface area contributed by atoms with Crippen LogP contribution in [0.4, 0.5) is 28.6 Å². The van der Waals surface area contributed by atoms with Gasteiger partial charge in [-0.1, -0.05) is 173 Å². The maximum Gasteiger partial charge on any atom is 0.337 e. The second-order valence-corrected chi connectivity index (χ2v) is 23.6. The zero-order chi connectivity index (χ0) is 45.6. The van der Waals surface area contributed by atoms with Gasteiger partial charge in [0.2, 0.25) is 5.88 Å². The molecule has 0 spiro atoms. The lowest BCUT2D eigenvalue weighted by atomic mass is 9.42. The number of furan rings is 1. The molecule has 0 radical (unpaired) electrons. The molecule has 13 rings (SSSR count). The molecule has 3 aliphatic heterocycles. The first-order valence-corrected chi connectivity index (χ1v) is 24.3. The number of hydrogen-bond acceptors (Lipinski definition) is 3. The van der Waals surface area contributed by atoms with Crippen molar-refractivity contribution in [3.63, 3.8) is 0 Å². The van der Waals surface area contributed by atoms with Gasteiger partial charge >= 0.3 is 6.85 Å². The number of rotatable bonds is 2. The van der Waals surface area contributed by atoms with Crippen molar-refractivity contribution in [2.75, 3.05) is 9.71 Å². The second kappa shape index (κ2) is 12.8. The Hall–Kier alpha value is -6.26. The number of fused-ring (bicyclic) bond motifs is 13. The lowest BCUT2D eigenvalue weighted by Gasteiger charge is -2.51. The van der Waals surface area contributed by atoms with E-state index < -0.39 is 0 Å². The Bertz CT molecular complexity index is 3430. The fourth-order valence-electron chi connectivity index (χ4n) is 13.2. The summed E-state index contributed by atoms with van der Waals surface area (Å²) < 4.78 is 7.78. The van der Waals surface area contributed by atoms with Crippen LogP contribution in [0.5, 0.6) is 0 Å². The molecular formula is C62H59BN2O. The molecule has 4 heterocycles. The highest BCUT2D eigenvalue weighted by Gasteiger charge is 2.55. The molecule has 0 unspecified atom stereocenters. The van der Waals surface area contributed by atoms with Gasteiger partial charge < -0.3 is 9.23 Å². The Balaban J connectivity index is 1.26. The molecule has 3 nitrogen and oxygen atoms in total. The standard InChI is InChI=1S/C62H59BN2O/c1-58(2,3)37-28-29-49(40(32-37)36-20-13-12-14-21-36)64-56-52-39-22-15-16-24-43(39)61(8,9)48(52)33-41-38-23-19-26-45-55(38)65(50-27-18-17-25-44(50)62(45,10)11)63(53(41)56)54-42-34-46-47(35-51(42)66-57(54)64)60(6,7)31-30-59(46,4)5/h12-29,32-35H,30-31H2,1-11H3. The first-order valence-electron chi connectivity index (χ1n) is 24.3. The molecule has 1 aromatic heterocycles. The van der Waals surface area contributed by atoms with Crippen molar-refractivity contribution in [1.29, 1.82) is 0 Å². The van der Waals surface area contributed by atoms with Crippen LogP contribution in [0.25, 0.3) is 44.3 Å². The maximum absolute atomic E-state index is 7.78. The van der Waals surface area contributed by atoms with Crippen LogP contribution in [0.15, 0.2) is 138 Å². The Kier molecular flexibility index (Phi) is 7.76. The van der Waals surface area contributed by atoms with Crippen molar-refractivity contribution in [3.8, 4) is 33.4 Å². The predicted octanol–water partition coefficient (Wildman–Crippen LogP) is 15.4. The fourth-order valence-corrected chi connectivity index (χ4v) is 13.2. The summed E-state index contributed by atoms with van der Waals surface area (Å²) in [6, 6.07) is 51.5. The van der Waals surface area contributed by atoms with E-state index in [1.807, 2.05) is 0 Å². The topological polar surface area (TPSA) is 19.6 Å². The second-order valence-electron chi connectivity index (χ2n) is 23.6. The third-order valence-corrected chi connectivity index (χ3v) is 17.1. The third kappa shape index (κ3) is 5.06. The Morgan fingerprint density at radius 2 is 1.14 bits per heavy atom. The van der Waals surface area contributed by atoms with Crippen molar-refractivity contribution >= 4 is 57.4 Å². The molecule has 0 saturated carbocycles. The summed E-state index contributed by atoms with van der Waals surface area (Å²) in [6.45, 7) is 26.3. The summed E-state index contributed by atoms with van der Waals surface area (Å²) in [7, 11) is 0. The molecule has 0 bridgehead atoms. The highest BCUT2D eigenvalue weighted by Crippen LogP contribution is 2.62. The minimum Gasteiger partial charge on any atom is -0.440 e. The number of nitrogens with zero attached hydrogens (tertiary/aromatic N) is 2. The van der Waals surface area contributed by atoms with Gasteiger partial charge in [-0.05, 0) is 127 Å². The van der Waals surface area contributed by atoms with Crippen LogP contribution >= 0.6 is 0 Å². The molecule has 7 aromatic carbocycles. The van der Waals surface area contributed by atoms with E-state index in [4.69, 9.17) is 4.42 Å². The summed E-state index contributed by atoms with van der Waals surface area (Å²) in [5.41, 5.74) is 25.4. The zero-order valence-electron chi connectivity index (χ0n) is 40.5. The smallest absolute Gasteiger partial charge is 0.337 e. The molecule has 0 N–H and O–H groups in total. The Morgan fingerprint density at radius 3 is 1.88 bits per heavy atom. The molecule has 0 saturated heterocycles. The van der Waals surface area contributed by atoms with E-state index in [9.17, 15) is 0 Å². The van der Waals surface area contributed by atoms with Gasteiger partial charge in [0.1, 0.15) is 5.58 Å². The van der Waals surface area contributed by atoms with E-state index in [1.54, 1.807) is 0 Å².